The Kier molecular flexibility index (Phi) is 4.12. The van der Waals surface area contributed by atoms with Crippen molar-refractivity contribution in [3.8, 4) is 5.88 Å². The number of methoxy groups -OCH3 is 1. The van der Waals surface area contributed by atoms with Gasteiger partial charge in [0.1, 0.15) is 0 Å². The van der Waals surface area contributed by atoms with Crippen molar-refractivity contribution in [1.29, 1.82) is 0 Å². The Morgan fingerprint density at radius 3 is 2.69 bits per heavy atom. The molecule has 1 aromatic heterocycles. The third kappa shape index (κ3) is 3.70. The van der Waals surface area contributed by atoms with E-state index in [2.05, 4.69) is 4.98 Å². The van der Waals surface area contributed by atoms with E-state index in [0.717, 1.165) is 12.0 Å². The first-order valence-electron chi connectivity index (χ1n) is 5.35. The summed E-state index contributed by atoms with van der Waals surface area (Å²) in [6, 6.07) is 1.85. The molecule has 2 N–H and O–H groups in total. The molecule has 1 aromatic rings. The fraction of sp³-hybridized carbons (Fsp3) is 0.583. The monoisotopic (exact) mass is 224 g/mol. The molecule has 4 heteroatoms. The summed E-state index contributed by atoms with van der Waals surface area (Å²) in [6.45, 7) is 6.57. The van der Waals surface area contributed by atoms with Gasteiger partial charge in [-0.3, -0.25) is 0 Å². The van der Waals surface area contributed by atoms with E-state index >= 15 is 0 Å². The third-order valence-corrected chi connectivity index (χ3v) is 2.55. The third-order valence-electron chi connectivity index (χ3n) is 2.55. The minimum Gasteiger partial charge on any atom is -0.477 e. The lowest BCUT2D eigenvalue weighted by atomic mass is 10.1. The zero-order valence-electron chi connectivity index (χ0n) is 10.4. The van der Waals surface area contributed by atoms with E-state index in [4.69, 9.17) is 15.2 Å². The Hall–Kier alpha value is -1.29. The molecule has 16 heavy (non-hydrogen) atoms. The molecule has 0 saturated carbocycles. The van der Waals surface area contributed by atoms with Crippen LogP contribution in [-0.2, 0) is 4.74 Å². The van der Waals surface area contributed by atoms with Crippen molar-refractivity contribution >= 4 is 5.69 Å². The molecule has 0 amide bonds. The van der Waals surface area contributed by atoms with Crippen LogP contribution in [0.1, 0.15) is 25.8 Å². The fourth-order valence-corrected chi connectivity index (χ4v) is 1.23. The van der Waals surface area contributed by atoms with Gasteiger partial charge in [-0.15, -0.1) is 0 Å². The fourth-order valence-electron chi connectivity index (χ4n) is 1.23. The van der Waals surface area contributed by atoms with Crippen LogP contribution >= 0.6 is 0 Å². The minimum absolute atomic E-state index is 0.165. The minimum atomic E-state index is -0.165. The van der Waals surface area contributed by atoms with E-state index in [-0.39, 0.29) is 5.60 Å². The average molecular weight is 224 g/mol. The standard InChI is InChI=1S/C12H20N2O2/c1-9-7-10(13)8-14-11(9)16-6-5-12(2,3)15-4/h7-8H,5-6,13H2,1-4H3. The molecule has 0 unspecified atom stereocenters. The number of hydrogen-bond donors (Lipinski definition) is 1. The number of aromatic nitrogens is 1. The van der Waals surface area contributed by atoms with E-state index in [0.29, 0.717) is 18.2 Å². The Morgan fingerprint density at radius 2 is 2.12 bits per heavy atom. The zero-order valence-corrected chi connectivity index (χ0v) is 10.4. The van der Waals surface area contributed by atoms with Gasteiger partial charge in [-0.05, 0) is 26.8 Å². The maximum absolute atomic E-state index is 5.61. The van der Waals surface area contributed by atoms with Gasteiger partial charge >= 0.3 is 0 Å². The largest absolute Gasteiger partial charge is 0.477 e. The predicted molar refractivity (Wildman–Crippen MR) is 64.6 cm³/mol. The van der Waals surface area contributed by atoms with Gasteiger partial charge in [0.2, 0.25) is 5.88 Å². The van der Waals surface area contributed by atoms with Crippen molar-refractivity contribution in [2.75, 3.05) is 19.5 Å². The van der Waals surface area contributed by atoms with Crippen LogP contribution < -0.4 is 10.5 Å². The second-order valence-electron chi connectivity index (χ2n) is 4.45. The van der Waals surface area contributed by atoms with Crippen LogP contribution in [0.3, 0.4) is 0 Å². The number of aryl methyl sites for hydroxylation is 1. The highest BCUT2D eigenvalue weighted by Crippen LogP contribution is 2.18. The highest BCUT2D eigenvalue weighted by molar-refractivity contribution is 5.41. The van der Waals surface area contributed by atoms with Gasteiger partial charge in [-0.2, -0.15) is 0 Å². The van der Waals surface area contributed by atoms with E-state index in [1.165, 1.54) is 0 Å². The number of rotatable bonds is 5. The molecule has 1 heterocycles. The van der Waals surface area contributed by atoms with Crippen LogP contribution in [0.5, 0.6) is 5.88 Å². The van der Waals surface area contributed by atoms with Crippen molar-refractivity contribution < 1.29 is 9.47 Å². The smallest absolute Gasteiger partial charge is 0.216 e. The molecule has 0 aromatic carbocycles. The molecule has 0 aliphatic heterocycles. The van der Waals surface area contributed by atoms with Crippen molar-refractivity contribution in [3.63, 3.8) is 0 Å². The molecular formula is C12H20N2O2. The van der Waals surface area contributed by atoms with Gasteiger partial charge < -0.3 is 15.2 Å². The normalized spacial score (nSPS) is 11.5. The van der Waals surface area contributed by atoms with Gasteiger partial charge in [-0.1, -0.05) is 0 Å². The van der Waals surface area contributed by atoms with E-state index in [1.807, 2.05) is 26.8 Å². The number of anilines is 1. The van der Waals surface area contributed by atoms with Crippen molar-refractivity contribution in [2.45, 2.75) is 32.8 Å². The number of hydrogen-bond acceptors (Lipinski definition) is 4. The molecule has 90 valence electrons. The Labute approximate surface area is 96.8 Å². The number of nitrogens with two attached hydrogens (primary N) is 1. The lowest BCUT2D eigenvalue weighted by Gasteiger charge is -2.22. The summed E-state index contributed by atoms with van der Waals surface area (Å²) < 4.78 is 10.9. The summed E-state index contributed by atoms with van der Waals surface area (Å²) in [5, 5.41) is 0. The van der Waals surface area contributed by atoms with E-state index in [9.17, 15) is 0 Å². The molecule has 1 rings (SSSR count). The number of nitrogen functional groups attached to an aromatic ring is 1. The lowest BCUT2D eigenvalue weighted by molar-refractivity contribution is 0.00502. The topological polar surface area (TPSA) is 57.4 Å². The molecule has 0 atom stereocenters. The molecule has 0 aliphatic rings. The van der Waals surface area contributed by atoms with Crippen LogP contribution in [0.4, 0.5) is 5.69 Å². The van der Waals surface area contributed by atoms with Crippen LogP contribution in [0.15, 0.2) is 12.3 Å². The first-order chi connectivity index (χ1) is 7.44. The second kappa shape index (κ2) is 5.16. The molecule has 0 saturated heterocycles. The highest BCUT2D eigenvalue weighted by Gasteiger charge is 2.16. The van der Waals surface area contributed by atoms with Gasteiger partial charge in [0.05, 0.1) is 24.1 Å². The summed E-state index contributed by atoms with van der Waals surface area (Å²) in [7, 11) is 1.70. The van der Waals surface area contributed by atoms with Crippen LogP contribution in [0, 0.1) is 6.92 Å². The lowest BCUT2D eigenvalue weighted by Crippen LogP contribution is -2.25. The molecule has 4 nitrogen and oxygen atoms in total. The quantitative estimate of drug-likeness (QED) is 0.832. The molecule has 0 spiro atoms. The van der Waals surface area contributed by atoms with Crippen LogP contribution in [-0.4, -0.2) is 24.3 Å². The number of nitrogens with zero attached hydrogens (tertiary/aromatic N) is 1. The number of pyridine rings is 1. The van der Waals surface area contributed by atoms with Crippen molar-refractivity contribution in [1.82, 2.24) is 4.98 Å². The van der Waals surface area contributed by atoms with Crippen molar-refractivity contribution in [2.24, 2.45) is 0 Å². The first-order valence-corrected chi connectivity index (χ1v) is 5.35. The van der Waals surface area contributed by atoms with E-state index < -0.39 is 0 Å². The summed E-state index contributed by atoms with van der Waals surface area (Å²) in [5.74, 6) is 0.640. The molecule has 0 radical (unpaired) electrons. The maximum atomic E-state index is 5.61. The highest BCUT2D eigenvalue weighted by atomic mass is 16.5. The van der Waals surface area contributed by atoms with Crippen LogP contribution in [0.25, 0.3) is 0 Å². The Bertz CT molecular complexity index is 351. The zero-order chi connectivity index (χ0) is 12.2. The maximum Gasteiger partial charge on any atom is 0.216 e. The first kappa shape index (κ1) is 12.8. The predicted octanol–water partition coefficient (Wildman–Crippen LogP) is 2.17. The summed E-state index contributed by atoms with van der Waals surface area (Å²) >= 11 is 0. The SMILES string of the molecule is COC(C)(C)CCOc1ncc(N)cc1C. The Balaban J connectivity index is 2.49. The molecule has 0 aliphatic carbocycles. The van der Waals surface area contributed by atoms with Crippen molar-refractivity contribution in [3.05, 3.63) is 17.8 Å². The van der Waals surface area contributed by atoms with E-state index in [1.54, 1.807) is 13.3 Å². The molecule has 0 fully saturated rings. The average Bonchev–Trinajstić information content (AvgIpc) is 2.21. The van der Waals surface area contributed by atoms with Gasteiger partial charge in [-0.25, -0.2) is 4.98 Å². The molecular weight excluding hydrogens is 204 g/mol. The summed E-state index contributed by atoms with van der Waals surface area (Å²) in [4.78, 5) is 4.14. The second-order valence-corrected chi connectivity index (χ2v) is 4.45. The molecule has 0 bridgehead atoms. The summed E-state index contributed by atoms with van der Waals surface area (Å²) in [5.41, 5.74) is 7.05. The van der Waals surface area contributed by atoms with Crippen LogP contribution in [0.2, 0.25) is 0 Å². The number of ether oxygens (including phenoxy) is 2. The summed E-state index contributed by atoms with van der Waals surface area (Å²) in [6.07, 6.45) is 2.42. The van der Waals surface area contributed by atoms with Gasteiger partial charge in [0.15, 0.2) is 0 Å². The van der Waals surface area contributed by atoms with Gasteiger partial charge in [0.25, 0.3) is 0 Å². The van der Waals surface area contributed by atoms with Gasteiger partial charge in [0, 0.05) is 19.1 Å². The Morgan fingerprint density at radius 1 is 1.44 bits per heavy atom.